The third-order valence-corrected chi connectivity index (χ3v) is 5.52. The number of likely N-dealkylation sites (N-methyl/N-ethyl adjacent to an activating group) is 1. The minimum atomic E-state index is -0.495. The zero-order valence-electron chi connectivity index (χ0n) is 18.5. The van der Waals surface area contributed by atoms with Gasteiger partial charge in [0.1, 0.15) is 11.5 Å². The van der Waals surface area contributed by atoms with Gasteiger partial charge in [0.2, 0.25) is 5.95 Å². The summed E-state index contributed by atoms with van der Waals surface area (Å²) < 4.78 is 16.3. The van der Waals surface area contributed by atoms with Crippen molar-refractivity contribution in [1.29, 1.82) is 0 Å². The number of rotatable bonds is 8. The predicted octanol–water partition coefficient (Wildman–Crippen LogP) is 3.32. The molecule has 0 saturated carbocycles. The second-order valence-electron chi connectivity index (χ2n) is 7.50. The first-order valence-corrected chi connectivity index (χ1v) is 10.9. The molecule has 1 amide bonds. The van der Waals surface area contributed by atoms with Crippen molar-refractivity contribution in [2.75, 3.05) is 25.0 Å². The van der Waals surface area contributed by atoms with E-state index in [0.717, 1.165) is 35.3 Å². The van der Waals surface area contributed by atoms with Gasteiger partial charge in [-0.25, -0.2) is 9.37 Å². The molecule has 170 valence electrons. The summed E-state index contributed by atoms with van der Waals surface area (Å²) in [4.78, 5) is 32.2. The zero-order valence-corrected chi connectivity index (χ0v) is 18.5. The molecule has 0 radical (unpaired) electrons. The number of hydrogen-bond donors (Lipinski definition) is 1. The van der Waals surface area contributed by atoms with E-state index in [0.29, 0.717) is 18.2 Å². The highest BCUT2D eigenvalue weighted by molar-refractivity contribution is 6.02. The minimum Gasteiger partial charge on any atom is -0.309 e. The number of benzene rings is 2. The van der Waals surface area contributed by atoms with Crippen molar-refractivity contribution in [2.24, 2.45) is 0 Å². The number of nitrogens with one attached hydrogen (secondary N) is 1. The molecule has 33 heavy (non-hydrogen) atoms. The molecule has 0 aliphatic carbocycles. The third kappa shape index (κ3) is 4.83. The number of imidazole rings is 1. The average Bonchev–Trinajstić information content (AvgIpc) is 3.17. The van der Waals surface area contributed by atoms with E-state index >= 15 is 0 Å². The van der Waals surface area contributed by atoms with Crippen molar-refractivity contribution < 1.29 is 9.18 Å². The standard InChI is InChI=1S/C24H25FN6O2/c1-3-29(4-2)15-16-30-21-8-6-5-7-19(21)26-24(30)27-23(33)20-13-14-22(32)31(28-20)18-11-9-17(25)10-12-18/h5-14H,3-4,15-16H2,1-2H3,(H,26,27,33). The van der Waals surface area contributed by atoms with Crippen molar-refractivity contribution in [1.82, 2.24) is 24.2 Å². The topological polar surface area (TPSA) is 85.0 Å². The second-order valence-corrected chi connectivity index (χ2v) is 7.50. The van der Waals surface area contributed by atoms with Gasteiger partial charge in [0, 0.05) is 19.2 Å². The molecule has 0 bridgehead atoms. The lowest BCUT2D eigenvalue weighted by atomic mass is 10.3. The quantitative estimate of drug-likeness (QED) is 0.447. The van der Waals surface area contributed by atoms with Crippen LogP contribution >= 0.6 is 0 Å². The molecule has 0 spiro atoms. The maximum atomic E-state index is 13.3. The van der Waals surface area contributed by atoms with Crippen LogP contribution in [0, 0.1) is 5.82 Å². The molecule has 0 aliphatic rings. The van der Waals surface area contributed by atoms with Crippen LogP contribution in [0.5, 0.6) is 0 Å². The first-order chi connectivity index (χ1) is 16.0. The predicted molar refractivity (Wildman–Crippen MR) is 125 cm³/mol. The Morgan fingerprint density at radius 2 is 1.76 bits per heavy atom. The van der Waals surface area contributed by atoms with E-state index < -0.39 is 17.3 Å². The molecule has 2 aromatic carbocycles. The average molecular weight is 449 g/mol. The maximum absolute atomic E-state index is 13.3. The fourth-order valence-corrected chi connectivity index (χ4v) is 3.64. The summed E-state index contributed by atoms with van der Waals surface area (Å²) in [6.45, 7) is 7.55. The van der Waals surface area contributed by atoms with Crippen LogP contribution in [0.3, 0.4) is 0 Å². The number of para-hydroxylation sites is 2. The molecule has 0 atom stereocenters. The van der Waals surface area contributed by atoms with Crippen molar-refractivity contribution >= 4 is 22.9 Å². The number of halogens is 1. The zero-order chi connectivity index (χ0) is 23.4. The number of aromatic nitrogens is 4. The highest BCUT2D eigenvalue weighted by Crippen LogP contribution is 2.20. The molecule has 1 N–H and O–H groups in total. The van der Waals surface area contributed by atoms with Gasteiger partial charge < -0.3 is 9.47 Å². The Morgan fingerprint density at radius 1 is 1.03 bits per heavy atom. The highest BCUT2D eigenvalue weighted by atomic mass is 19.1. The number of hydrogen-bond acceptors (Lipinski definition) is 5. The molecule has 0 fully saturated rings. The molecule has 0 aliphatic heterocycles. The number of carbonyl (C=O) groups is 1. The lowest BCUT2D eigenvalue weighted by Gasteiger charge is -2.19. The van der Waals surface area contributed by atoms with Crippen molar-refractivity contribution in [2.45, 2.75) is 20.4 Å². The second kappa shape index (κ2) is 9.74. The molecule has 2 aromatic heterocycles. The number of fused-ring (bicyclic) bond motifs is 1. The van der Waals surface area contributed by atoms with Crippen LogP contribution in [0.2, 0.25) is 0 Å². The summed E-state index contributed by atoms with van der Waals surface area (Å²) in [5.74, 6) is -0.510. The molecular weight excluding hydrogens is 423 g/mol. The Labute approximate surface area is 190 Å². The van der Waals surface area contributed by atoms with E-state index in [-0.39, 0.29) is 5.69 Å². The van der Waals surface area contributed by atoms with E-state index in [9.17, 15) is 14.0 Å². The molecule has 0 unspecified atom stereocenters. The number of nitrogens with zero attached hydrogens (tertiary/aromatic N) is 5. The van der Waals surface area contributed by atoms with Crippen LogP contribution in [-0.2, 0) is 6.54 Å². The van der Waals surface area contributed by atoms with Crippen molar-refractivity contribution in [3.8, 4) is 5.69 Å². The SMILES string of the molecule is CCN(CC)CCn1c(NC(=O)c2ccc(=O)n(-c3ccc(F)cc3)n2)nc2ccccc21. The van der Waals surface area contributed by atoms with Gasteiger partial charge in [0.25, 0.3) is 11.5 Å². The van der Waals surface area contributed by atoms with E-state index in [2.05, 4.69) is 34.1 Å². The molecule has 9 heteroatoms. The van der Waals surface area contributed by atoms with Crippen LogP contribution in [0.4, 0.5) is 10.3 Å². The van der Waals surface area contributed by atoms with Crippen LogP contribution in [0.15, 0.2) is 65.5 Å². The lowest BCUT2D eigenvalue weighted by Crippen LogP contribution is -2.28. The molecule has 2 heterocycles. The van der Waals surface area contributed by atoms with E-state index in [4.69, 9.17) is 0 Å². The number of carbonyl (C=O) groups excluding carboxylic acids is 1. The minimum absolute atomic E-state index is 0.0428. The molecule has 4 rings (SSSR count). The van der Waals surface area contributed by atoms with Gasteiger partial charge in [-0.2, -0.15) is 9.78 Å². The lowest BCUT2D eigenvalue weighted by molar-refractivity contribution is 0.101. The Hall–Kier alpha value is -3.85. The molecule has 8 nitrogen and oxygen atoms in total. The summed E-state index contributed by atoms with van der Waals surface area (Å²) in [5, 5.41) is 7.02. The molecule has 4 aromatic rings. The van der Waals surface area contributed by atoms with Crippen LogP contribution in [-0.4, -0.2) is 49.8 Å². The van der Waals surface area contributed by atoms with Crippen LogP contribution in [0.25, 0.3) is 16.7 Å². The van der Waals surface area contributed by atoms with E-state index in [1.807, 2.05) is 28.8 Å². The first-order valence-electron chi connectivity index (χ1n) is 10.9. The van der Waals surface area contributed by atoms with E-state index in [1.165, 1.54) is 36.4 Å². The first kappa shape index (κ1) is 22.3. The smallest absolute Gasteiger partial charge is 0.278 e. The Bertz CT molecular complexity index is 1330. The van der Waals surface area contributed by atoms with Gasteiger partial charge in [-0.15, -0.1) is 0 Å². The van der Waals surface area contributed by atoms with Gasteiger partial charge in [-0.3, -0.25) is 14.9 Å². The van der Waals surface area contributed by atoms with Crippen LogP contribution < -0.4 is 10.9 Å². The maximum Gasteiger partial charge on any atom is 0.278 e. The van der Waals surface area contributed by atoms with Gasteiger partial charge in [0.05, 0.1) is 16.7 Å². The summed E-state index contributed by atoms with van der Waals surface area (Å²) in [5.41, 5.74) is 1.68. The fourth-order valence-electron chi connectivity index (χ4n) is 3.64. The summed E-state index contributed by atoms with van der Waals surface area (Å²) >= 11 is 0. The van der Waals surface area contributed by atoms with Gasteiger partial charge in [-0.1, -0.05) is 26.0 Å². The Balaban J connectivity index is 1.64. The Morgan fingerprint density at radius 3 is 2.48 bits per heavy atom. The van der Waals surface area contributed by atoms with Gasteiger partial charge in [0.15, 0.2) is 0 Å². The van der Waals surface area contributed by atoms with E-state index in [1.54, 1.807) is 0 Å². The summed E-state index contributed by atoms with van der Waals surface area (Å²) in [7, 11) is 0. The number of amides is 1. The highest BCUT2D eigenvalue weighted by Gasteiger charge is 2.17. The summed E-state index contributed by atoms with van der Waals surface area (Å²) in [6, 6.07) is 15.6. The largest absolute Gasteiger partial charge is 0.309 e. The van der Waals surface area contributed by atoms with Crippen LogP contribution in [0.1, 0.15) is 24.3 Å². The fraction of sp³-hybridized carbons (Fsp3) is 0.250. The normalized spacial score (nSPS) is 11.3. The van der Waals surface area contributed by atoms with Gasteiger partial charge >= 0.3 is 0 Å². The van der Waals surface area contributed by atoms with Crippen molar-refractivity contribution in [3.63, 3.8) is 0 Å². The molecule has 0 saturated heterocycles. The Kier molecular flexibility index (Phi) is 6.60. The summed E-state index contributed by atoms with van der Waals surface area (Å²) in [6.07, 6.45) is 0. The third-order valence-electron chi connectivity index (χ3n) is 5.52. The van der Waals surface area contributed by atoms with Gasteiger partial charge in [-0.05, 0) is 55.6 Å². The monoisotopic (exact) mass is 448 g/mol. The van der Waals surface area contributed by atoms with Crippen molar-refractivity contribution in [3.05, 3.63) is 82.5 Å². The number of anilines is 1. The molecular formula is C24H25FN6O2.